The highest BCUT2D eigenvalue weighted by molar-refractivity contribution is 5.89. The fraction of sp³-hybridized carbons (Fsp3) is 0.667. The van der Waals surface area contributed by atoms with E-state index in [9.17, 15) is 4.79 Å². The molecule has 0 aromatic rings. The third kappa shape index (κ3) is 2.14. The normalized spacial score (nSPS) is 21.5. The number of esters is 1. The summed E-state index contributed by atoms with van der Waals surface area (Å²) in [5.74, 6) is -0.124. The van der Waals surface area contributed by atoms with E-state index >= 15 is 0 Å². The summed E-state index contributed by atoms with van der Waals surface area (Å²) in [4.78, 5) is 11.3. The molecule has 0 bridgehead atoms. The molecule has 0 fully saturated rings. The van der Waals surface area contributed by atoms with Crippen molar-refractivity contribution in [2.75, 3.05) is 6.61 Å². The van der Waals surface area contributed by atoms with Gasteiger partial charge in [0, 0.05) is 6.42 Å². The van der Waals surface area contributed by atoms with Crippen LogP contribution in [0, 0.1) is 0 Å². The highest BCUT2D eigenvalue weighted by atomic mass is 16.5. The van der Waals surface area contributed by atoms with Gasteiger partial charge in [0.25, 0.3) is 0 Å². The third-order valence-corrected chi connectivity index (χ3v) is 2.00. The largest absolute Gasteiger partial charge is 0.475 e. The van der Waals surface area contributed by atoms with Crippen LogP contribution in [0.1, 0.15) is 26.7 Å². The van der Waals surface area contributed by atoms with E-state index in [4.69, 9.17) is 15.2 Å². The molecular weight excluding hydrogens is 170 g/mol. The van der Waals surface area contributed by atoms with Gasteiger partial charge in [-0.3, -0.25) is 0 Å². The second-order valence-electron chi connectivity index (χ2n) is 2.92. The van der Waals surface area contributed by atoms with E-state index in [0.29, 0.717) is 18.6 Å². The van der Waals surface area contributed by atoms with Gasteiger partial charge in [-0.15, -0.1) is 0 Å². The van der Waals surface area contributed by atoms with E-state index in [1.54, 1.807) is 6.92 Å². The molecule has 1 heterocycles. The molecule has 0 spiro atoms. The van der Waals surface area contributed by atoms with Crippen LogP contribution in [0.25, 0.3) is 0 Å². The van der Waals surface area contributed by atoms with Gasteiger partial charge in [-0.2, -0.15) is 0 Å². The van der Waals surface area contributed by atoms with Crippen molar-refractivity contribution in [3.05, 3.63) is 11.5 Å². The Morgan fingerprint density at radius 2 is 2.38 bits per heavy atom. The Bertz CT molecular complexity index is 235. The fourth-order valence-electron chi connectivity index (χ4n) is 1.25. The molecule has 1 atom stereocenters. The smallest absolute Gasteiger partial charge is 0.339 e. The minimum Gasteiger partial charge on any atom is -0.475 e. The number of carbonyl (C=O) groups excluding carboxylic acids is 1. The van der Waals surface area contributed by atoms with Crippen molar-refractivity contribution in [3.63, 3.8) is 0 Å². The van der Waals surface area contributed by atoms with Gasteiger partial charge in [-0.1, -0.05) is 6.92 Å². The summed E-state index contributed by atoms with van der Waals surface area (Å²) in [6.45, 7) is 4.13. The lowest BCUT2D eigenvalue weighted by molar-refractivity contribution is -0.138. The fourth-order valence-corrected chi connectivity index (χ4v) is 1.25. The molecule has 1 rings (SSSR count). The van der Waals surface area contributed by atoms with E-state index in [1.165, 1.54) is 0 Å². The van der Waals surface area contributed by atoms with E-state index in [2.05, 4.69) is 0 Å². The van der Waals surface area contributed by atoms with Crippen molar-refractivity contribution in [3.8, 4) is 0 Å². The SMILES string of the molecule is CCOC(=O)C1=C(N)OC(CC)C1. The van der Waals surface area contributed by atoms with Crippen molar-refractivity contribution in [2.24, 2.45) is 5.73 Å². The first-order valence-electron chi connectivity index (χ1n) is 4.51. The molecule has 0 saturated heterocycles. The summed E-state index contributed by atoms with van der Waals surface area (Å²) in [5, 5.41) is 0. The molecule has 0 aromatic heterocycles. The second kappa shape index (κ2) is 4.16. The molecule has 1 aliphatic rings. The highest BCUT2D eigenvalue weighted by Crippen LogP contribution is 2.24. The molecule has 13 heavy (non-hydrogen) atoms. The lowest BCUT2D eigenvalue weighted by Crippen LogP contribution is -2.10. The molecule has 0 saturated carbocycles. The first-order valence-corrected chi connectivity index (χ1v) is 4.51. The van der Waals surface area contributed by atoms with Crippen molar-refractivity contribution in [2.45, 2.75) is 32.8 Å². The molecule has 0 radical (unpaired) electrons. The number of hydrogen-bond donors (Lipinski definition) is 1. The Balaban J connectivity index is 2.59. The van der Waals surface area contributed by atoms with Crippen LogP contribution >= 0.6 is 0 Å². The number of rotatable bonds is 3. The van der Waals surface area contributed by atoms with Crippen LogP contribution in [0.5, 0.6) is 0 Å². The maximum Gasteiger partial charge on any atom is 0.339 e. The summed E-state index contributed by atoms with van der Waals surface area (Å²) in [7, 11) is 0. The Hall–Kier alpha value is -1.19. The third-order valence-electron chi connectivity index (χ3n) is 2.00. The molecule has 0 aliphatic carbocycles. The Morgan fingerprint density at radius 1 is 1.69 bits per heavy atom. The van der Waals surface area contributed by atoms with Gasteiger partial charge in [0.05, 0.1) is 6.61 Å². The topological polar surface area (TPSA) is 61.5 Å². The van der Waals surface area contributed by atoms with Gasteiger partial charge in [-0.05, 0) is 13.3 Å². The molecule has 2 N–H and O–H groups in total. The van der Waals surface area contributed by atoms with Gasteiger partial charge in [-0.25, -0.2) is 4.79 Å². The quantitative estimate of drug-likeness (QED) is 0.664. The van der Waals surface area contributed by atoms with E-state index in [1.807, 2.05) is 6.92 Å². The predicted octanol–water partition coefficient (Wildman–Crippen LogP) is 0.919. The molecule has 0 aromatic carbocycles. The van der Waals surface area contributed by atoms with Gasteiger partial charge in [0.1, 0.15) is 11.7 Å². The zero-order chi connectivity index (χ0) is 9.84. The van der Waals surface area contributed by atoms with Crippen molar-refractivity contribution in [1.82, 2.24) is 0 Å². The van der Waals surface area contributed by atoms with Crippen LogP contribution in [0.4, 0.5) is 0 Å². The number of hydrogen-bond acceptors (Lipinski definition) is 4. The number of carbonyl (C=O) groups is 1. The summed E-state index contributed by atoms with van der Waals surface area (Å²) < 4.78 is 10.1. The number of ether oxygens (including phenoxy) is 2. The minimum absolute atomic E-state index is 0.0411. The molecule has 0 amide bonds. The van der Waals surface area contributed by atoms with Crippen LogP contribution in [0.15, 0.2) is 11.5 Å². The average molecular weight is 185 g/mol. The summed E-state index contributed by atoms with van der Waals surface area (Å²) in [6.07, 6.45) is 1.46. The molecule has 1 aliphatic heterocycles. The molecular formula is C9H15NO3. The molecule has 1 unspecified atom stereocenters. The van der Waals surface area contributed by atoms with E-state index in [0.717, 1.165) is 6.42 Å². The Morgan fingerprint density at radius 3 is 2.85 bits per heavy atom. The monoisotopic (exact) mass is 185 g/mol. The highest BCUT2D eigenvalue weighted by Gasteiger charge is 2.28. The van der Waals surface area contributed by atoms with Crippen LogP contribution in [0.2, 0.25) is 0 Å². The van der Waals surface area contributed by atoms with Crippen molar-refractivity contribution >= 4 is 5.97 Å². The van der Waals surface area contributed by atoms with Gasteiger partial charge < -0.3 is 15.2 Å². The Labute approximate surface area is 77.7 Å². The van der Waals surface area contributed by atoms with Crippen molar-refractivity contribution < 1.29 is 14.3 Å². The molecule has 74 valence electrons. The molecule has 4 nitrogen and oxygen atoms in total. The minimum atomic E-state index is -0.351. The van der Waals surface area contributed by atoms with E-state index < -0.39 is 0 Å². The van der Waals surface area contributed by atoms with Gasteiger partial charge in [0.2, 0.25) is 0 Å². The Kier molecular flexibility index (Phi) is 3.17. The molecule has 4 heteroatoms. The summed E-state index contributed by atoms with van der Waals surface area (Å²) in [5.41, 5.74) is 6.01. The van der Waals surface area contributed by atoms with Crippen LogP contribution in [-0.4, -0.2) is 18.7 Å². The van der Waals surface area contributed by atoms with Gasteiger partial charge >= 0.3 is 5.97 Å². The van der Waals surface area contributed by atoms with Crippen LogP contribution in [-0.2, 0) is 14.3 Å². The first kappa shape index (κ1) is 9.89. The average Bonchev–Trinajstić information content (AvgIpc) is 2.47. The zero-order valence-electron chi connectivity index (χ0n) is 8.00. The lowest BCUT2D eigenvalue weighted by Gasteiger charge is -2.06. The van der Waals surface area contributed by atoms with Gasteiger partial charge in [0.15, 0.2) is 5.88 Å². The van der Waals surface area contributed by atoms with Crippen LogP contribution in [0.3, 0.4) is 0 Å². The zero-order valence-corrected chi connectivity index (χ0v) is 8.00. The van der Waals surface area contributed by atoms with Crippen LogP contribution < -0.4 is 5.73 Å². The summed E-state index contributed by atoms with van der Waals surface area (Å²) >= 11 is 0. The maximum atomic E-state index is 11.3. The maximum absolute atomic E-state index is 11.3. The second-order valence-corrected chi connectivity index (χ2v) is 2.92. The summed E-state index contributed by atoms with van der Waals surface area (Å²) in [6, 6.07) is 0. The lowest BCUT2D eigenvalue weighted by atomic mass is 10.1. The number of nitrogens with two attached hydrogens (primary N) is 1. The van der Waals surface area contributed by atoms with Crippen molar-refractivity contribution in [1.29, 1.82) is 0 Å². The standard InChI is InChI=1S/C9H15NO3/c1-3-6-5-7(8(10)13-6)9(11)12-4-2/h6H,3-5,10H2,1-2H3. The van der Waals surface area contributed by atoms with E-state index in [-0.39, 0.29) is 18.0 Å². The predicted molar refractivity (Wildman–Crippen MR) is 47.6 cm³/mol. The first-order chi connectivity index (χ1) is 6.19.